The lowest BCUT2D eigenvalue weighted by molar-refractivity contribution is 0.0660. The standard InChI is InChI=1S/C17H14FN3O4/c1-10-12(9-20-21(10)14-5-3-2-4-13(14)18)16(22)19-8-11-6-7-15(25-11)17(23)24/h2-7,9H,8H2,1H3,(H,19,22)(H,23,24). The summed E-state index contributed by atoms with van der Waals surface area (Å²) in [4.78, 5) is 23.1. The Kier molecular flexibility index (Phi) is 4.34. The summed E-state index contributed by atoms with van der Waals surface area (Å²) >= 11 is 0. The van der Waals surface area contributed by atoms with Crippen LogP contribution in [-0.2, 0) is 6.54 Å². The highest BCUT2D eigenvalue weighted by Crippen LogP contribution is 2.17. The molecule has 0 radical (unpaired) electrons. The van der Waals surface area contributed by atoms with Gasteiger partial charge in [-0.2, -0.15) is 5.10 Å². The summed E-state index contributed by atoms with van der Waals surface area (Å²) in [6, 6.07) is 8.90. The van der Waals surface area contributed by atoms with E-state index >= 15 is 0 Å². The molecule has 1 amide bonds. The molecule has 8 heteroatoms. The Morgan fingerprint density at radius 2 is 2.04 bits per heavy atom. The van der Waals surface area contributed by atoms with E-state index in [0.29, 0.717) is 11.5 Å². The van der Waals surface area contributed by atoms with Crippen LogP contribution in [0.1, 0.15) is 32.4 Å². The van der Waals surface area contributed by atoms with Gasteiger partial charge in [0.05, 0.1) is 24.0 Å². The Labute approximate surface area is 141 Å². The molecule has 7 nitrogen and oxygen atoms in total. The van der Waals surface area contributed by atoms with Gasteiger partial charge in [-0.3, -0.25) is 4.79 Å². The van der Waals surface area contributed by atoms with Crippen LogP contribution in [0.4, 0.5) is 4.39 Å². The fraction of sp³-hybridized carbons (Fsp3) is 0.118. The molecule has 2 N–H and O–H groups in total. The van der Waals surface area contributed by atoms with Crippen molar-refractivity contribution in [1.29, 1.82) is 0 Å². The van der Waals surface area contributed by atoms with Crippen molar-refractivity contribution in [3.63, 3.8) is 0 Å². The normalized spacial score (nSPS) is 10.6. The van der Waals surface area contributed by atoms with Crippen molar-refractivity contribution in [1.82, 2.24) is 15.1 Å². The van der Waals surface area contributed by atoms with Gasteiger partial charge in [0.25, 0.3) is 5.91 Å². The predicted octanol–water partition coefficient (Wildman–Crippen LogP) is 2.54. The Balaban J connectivity index is 1.75. The maximum Gasteiger partial charge on any atom is 0.371 e. The lowest BCUT2D eigenvalue weighted by Gasteiger charge is -2.07. The van der Waals surface area contributed by atoms with Gasteiger partial charge in [0, 0.05) is 0 Å². The number of rotatable bonds is 5. The van der Waals surface area contributed by atoms with Gasteiger partial charge in [-0.25, -0.2) is 13.9 Å². The number of aromatic carboxylic acids is 1. The van der Waals surface area contributed by atoms with Crippen molar-refractivity contribution in [3.05, 3.63) is 71.2 Å². The van der Waals surface area contributed by atoms with E-state index in [1.807, 2.05) is 0 Å². The smallest absolute Gasteiger partial charge is 0.371 e. The number of amides is 1. The number of carboxylic acid groups (broad SMARTS) is 1. The number of hydrogen-bond donors (Lipinski definition) is 2. The summed E-state index contributed by atoms with van der Waals surface area (Å²) in [6.07, 6.45) is 1.35. The van der Waals surface area contributed by atoms with Crippen molar-refractivity contribution in [2.45, 2.75) is 13.5 Å². The Hall–Kier alpha value is -3.42. The molecule has 0 aliphatic heterocycles. The number of carbonyl (C=O) groups excluding carboxylic acids is 1. The number of furan rings is 1. The second-order valence-electron chi connectivity index (χ2n) is 5.26. The summed E-state index contributed by atoms with van der Waals surface area (Å²) in [7, 11) is 0. The van der Waals surface area contributed by atoms with E-state index in [-0.39, 0.29) is 23.6 Å². The van der Waals surface area contributed by atoms with Gasteiger partial charge < -0.3 is 14.8 Å². The van der Waals surface area contributed by atoms with Crippen LogP contribution in [-0.4, -0.2) is 26.8 Å². The number of hydrogen-bond acceptors (Lipinski definition) is 4. The topological polar surface area (TPSA) is 97.4 Å². The van der Waals surface area contributed by atoms with Crippen LogP contribution in [0.25, 0.3) is 5.69 Å². The number of carbonyl (C=O) groups is 2. The van der Waals surface area contributed by atoms with E-state index < -0.39 is 17.7 Å². The van der Waals surface area contributed by atoms with Crippen molar-refractivity contribution < 1.29 is 23.5 Å². The molecule has 0 aliphatic carbocycles. The van der Waals surface area contributed by atoms with Gasteiger partial charge in [-0.05, 0) is 31.2 Å². The van der Waals surface area contributed by atoms with Crippen LogP contribution < -0.4 is 5.32 Å². The highest BCUT2D eigenvalue weighted by atomic mass is 19.1. The van der Waals surface area contributed by atoms with E-state index in [4.69, 9.17) is 9.52 Å². The van der Waals surface area contributed by atoms with Gasteiger partial charge in [0.2, 0.25) is 5.76 Å². The van der Waals surface area contributed by atoms with Crippen molar-refractivity contribution in [3.8, 4) is 5.69 Å². The molecule has 3 rings (SSSR count). The first-order valence-electron chi connectivity index (χ1n) is 7.37. The molecule has 0 unspecified atom stereocenters. The molecule has 1 aromatic carbocycles. The lowest BCUT2D eigenvalue weighted by Crippen LogP contribution is -2.23. The number of nitrogens with one attached hydrogen (secondary N) is 1. The third-order valence-corrected chi connectivity index (χ3v) is 3.63. The summed E-state index contributed by atoms with van der Waals surface area (Å²) < 4.78 is 20.3. The average molecular weight is 343 g/mol. The molecule has 0 aliphatic rings. The maximum atomic E-state index is 13.9. The fourth-order valence-electron chi connectivity index (χ4n) is 2.35. The third-order valence-electron chi connectivity index (χ3n) is 3.63. The average Bonchev–Trinajstić information content (AvgIpc) is 3.20. The Bertz CT molecular complexity index is 945. The SMILES string of the molecule is Cc1c(C(=O)NCc2ccc(C(=O)O)o2)cnn1-c1ccccc1F. The van der Waals surface area contributed by atoms with E-state index in [1.54, 1.807) is 25.1 Å². The maximum absolute atomic E-state index is 13.9. The lowest BCUT2D eigenvalue weighted by atomic mass is 10.2. The first-order chi connectivity index (χ1) is 12.0. The zero-order valence-corrected chi connectivity index (χ0v) is 13.2. The number of para-hydroxylation sites is 1. The van der Waals surface area contributed by atoms with Crippen LogP contribution in [0, 0.1) is 12.7 Å². The molecule has 0 bridgehead atoms. The van der Waals surface area contributed by atoms with Crippen molar-refractivity contribution in [2.75, 3.05) is 0 Å². The van der Waals surface area contributed by atoms with Gasteiger partial charge in [-0.15, -0.1) is 0 Å². The van der Waals surface area contributed by atoms with Gasteiger partial charge in [-0.1, -0.05) is 12.1 Å². The first kappa shape index (κ1) is 16.4. The third kappa shape index (κ3) is 3.27. The minimum absolute atomic E-state index is 0.0242. The Morgan fingerprint density at radius 1 is 1.28 bits per heavy atom. The highest BCUT2D eigenvalue weighted by Gasteiger charge is 2.17. The molecule has 2 heterocycles. The number of aromatic nitrogens is 2. The number of halogens is 1. The van der Waals surface area contributed by atoms with Gasteiger partial charge >= 0.3 is 5.97 Å². The molecule has 0 saturated carbocycles. The zero-order chi connectivity index (χ0) is 18.0. The fourth-order valence-corrected chi connectivity index (χ4v) is 2.35. The molecule has 0 saturated heterocycles. The second kappa shape index (κ2) is 6.60. The second-order valence-corrected chi connectivity index (χ2v) is 5.26. The van der Waals surface area contributed by atoms with Gasteiger partial charge in [0.1, 0.15) is 17.3 Å². The van der Waals surface area contributed by atoms with Gasteiger partial charge in [0.15, 0.2) is 0 Å². The number of benzene rings is 1. The predicted molar refractivity (Wildman–Crippen MR) is 85.1 cm³/mol. The molecule has 128 valence electrons. The molecule has 0 fully saturated rings. The summed E-state index contributed by atoms with van der Waals surface area (Å²) in [5.74, 6) is -1.94. The zero-order valence-electron chi connectivity index (χ0n) is 13.2. The molecular weight excluding hydrogens is 329 g/mol. The molecule has 2 aromatic heterocycles. The molecule has 3 aromatic rings. The largest absolute Gasteiger partial charge is 0.475 e. The van der Waals surface area contributed by atoms with Crippen molar-refractivity contribution in [2.24, 2.45) is 0 Å². The number of nitrogens with zero attached hydrogens (tertiary/aromatic N) is 2. The molecular formula is C17H14FN3O4. The Morgan fingerprint density at radius 3 is 2.72 bits per heavy atom. The summed E-state index contributed by atoms with van der Waals surface area (Å²) in [5, 5.41) is 15.5. The van der Waals surface area contributed by atoms with Crippen LogP contribution in [0.3, 0.4) is 0 Å². The first-order valence-corrected chi connectivity index (χ1v) is 7.37. The quantitative estimate of drug-likeness (QED) is 0.742. The monoisotopic (exact) mass is 343 g/mol. The van der Waals surface area contributed by atoms with Crippen LogP contribution >= 0.6 is 0 Å². The van der Waals surface area contributed by atoms with E-state index in [9.17, 15) is 14.0 Å². The summed E-state index contributed by atoms with van der Waals surface area (Å²) in [6.45, 7) is 1.68. The van der Waals surface area contributed by atoms with Crippen LogP contribution in [0.15, 0.2) is 47.0 Å². The van der Waals surface area contributed by atoms with Crippen molar-refractivity contribution >= 4 is 11.9 Å². The van der Waals surface area contributed by atoms with Crippen LogP contribution in [0.2, 0.25) is 0 Å². The highest BCUT2D eigenvalue weighted by molar-refractivity contribution is 5.95. The molecule has 0 atom stereocenters. The molecule has 0 spiro atoms. The van der Waals surface area contributed by atoms with E-state index in [2.05, 4.69) is 10.4 Å². The number of carboxylic acids is 1. The van der Waals surface area contributed by atoms with E-state index in [0.717, 1.165) is 0 Å². The minimum Gasteiger partial charge on any atom is -0.475 e. The van der Waals surface area contributed by atoms with E-state index in [1.165, 1.54) is 29.1 Å². The minimum atomic E-state index is -1.18. The summed E-state index contributed by atoms with van der Waals surface area (Å²) in [5.41, 5.74) is 1.01. The molecule has 25 heavy (non-hydrogen) atoms. The van der Waals surface area contributed by atoms with Crippen LogP contribution in [0.5, 0.6) is 0 Å².